The molecule has 1 unspecified atom stereocenters. The first kappa shape index (κ1) is 14.9. The van der Waals surface area contributed by atoms with Gasteiger partial charge in [0.2, 0.25) is 0 Å². The van der Waals surface area contributed by atoms with Gasteiger partial charge in [-0.25, -0.2) is 0 Å². The number of ether oxygens (including phenoxy) is 1. The van der Waals surface area contributed by atoms with Crippen LogP contribution in [0, 0.1) is 5.41 Å². The van der Waals surface area contributed by atoms with E-state index in [9.17, 15) is 5.11 Å². The number of nitrogens with one attached hydrogen (secondary N) is 1. The van der Waals surface area contributed by atoms with Crippen molar-refractivity contribution in [1.82, 2.24) is 5.32 Å². The summed E-state index contributed by atoms with van der Waals surface area (Å²) < 4.78 is 5.38. The summed E-state index contributed by atoms with van der Waals surface area (Å²) >= 11 is 0. The molecule has 3 heteroatoms. The average Bonchev–Trinajstić information content (AvgIpc) is 2.27. The van der Waals surface area contributed by atoms with Crippen LogP contribution in [0.15, 0.2) is 0 Å². The van der Waals surface area contributed by atoms with Gasteiger partial charge >= 0.3 is 0 Å². The molecule has 0 bridgehead atoms. The molecule has 0 aromatic heterocycles. The molecule has 0 rings (SSSR count). The summed E-state index contributed by atoms with van der Waals surface area (Å²) in [7, 11) is 0. The fourth-order valence-electron chi connectivity index (χ4n) is 1.23. The summed E-state index contributed by atoms with van der Waals surface area (Å²) in [6, 6.07) is 0. The number of rotatable bonds is 10. The minimum Gasteiger partial charge on any atom is -0.396 e. The first-order chi connectivity index (χ1) is 7.18. The topological polar surface area (TPSA) is 41.5 Å². The van der Waals surface area contributed by atoms with Crippen molar-refractivity contribution >= 4 is 0 Å². The van der Waals surface area contributed by atoms with Crippen molar-refractivity contribution < 1.29 is 9.84 Å². The van der Waals surface area contributed by atoms with Crippen LogP contribution >= 0.6 is 0 Å². The molecule has 0 radical (unpaired) electrons. The van der Waals surface area contributed by atoms with Gasteiger partial charge in [0.15, 0.2) is 0 Å². The minimum atomic E-state index is 0.0320. The van der Waals surface area contributed by atoms with Crippen LogP contribution in [0.1, 0.15) is 40.0 Å². The second kappa shape index (κ2) is 9.13. The van der Waals surface area contributed by atoms with E-state index in [0.29, 0.717) is 0 Å². The highest BCUT2D eigenvalue weighted by Crippen LogP contribution is 2.17. The largest absolute Gasteiger partial charge is 0.396 e. The smallest absolute Gasteiger partial charge is 0.0496 e. The summed E-state index contributed by atoms with van der Waals surface area (Å²) in [5, 5.41) is 12.6. The van der Waals surface area contributed by atoms with Crippen LogP contribution in [0.2, 0.25) is 0 Å². The average molecular weight is 217 g/mol. The van der Waals surface area contributed by atoms with E-state index < -0.39 is 0 Å². The number of hydrogen-bond acceptors (Lipinski definition) is 3. The molecular weight excluding hydrogens is 190 g/mol. The molecule has 0 aliphatic rings. The molecule has 0 aliphatic heterocycles. The zero-order valence-corrected chi connectivity index (χ0v) is 10.5. The lowest BCUT2D eigenvalue weighted by molar-refractivity contribution is 0.123. The lowest BCUT2D eigenvalue weighted by Gasteiger charge is -2.25. The maximum atomic E-state index is 9.19. The molecule has 0 saturated heterocycles. The third-order valence-corrected chi connectivity index (χ3v) is 2.78. The van der Waals surface area contributed by atoms with Crippen molar-refractivity contribution in [3.8, 4) is 0 Å². The van der Waals surface area contributed by atoms with Gasteiger partial charge in [0, 0.05) is 31.8 Å². The lowest BCUT2D eigenvalue weighted by atomic mass is 9.89. The maximum Gasteiger partial charge on any atom is 0.0496 e. The Morgan fingerprint density at radius 1 is 1.27 bits per heavy atom. The summed E-state index contributed by atoms with van der Waals surface area (Å²) in [6.45, 7) is 10.1. The SMILES string of the molecule is CCCOCCCNCC(C)(CC)CO. The van der Waals surface area contributed by atoms with Gasteiger partial charge in [-0.15, -0.1) is 0 Å². The zero-order chi connectivity index (χ0) is 11.6. The third kappa shape index (κ3) is 7.77. The van der Waals surface area contributed by atoms with Crippen LogP contribution in [0.4, 0.5) is 0 Å². The second-order valence-corrected chi connectivity index (χ2v) is 4.47. The molecular formula is C12H27NO2. The molecule has 0 aliphatic carbocycles. The van der Waals surface area contributed by atoms with E-state index in [1.54, 1.807) is 0 Å². The molecule has 15 heavy (non-hydrogen) atoms. The Hall–Kier alpha value is -0.120. The first-order valence-corrected chi connectivity index (χ1v) is 6.08. The van der Waals surface area contributed by atoms with Gasteiger partial charge in [-0.1, -0.05) is 20.8 Å². The quantitative estimate of drug-likeness (QED) is 0.548. The fourth-order valence-corrected chi connectivity index (χ4v) is 1.23. The lowest BCUT2D eigenvalue weighted by Crippen LogP contribution is -2.35. The van der Waals surface area contributed by atoms with Crippen LogP contribution in [0.3, 0.4) is 0 Å². The van der Waals surface area contributed by atoms with Gasteiger partial charge in [0.25, 0.3) is 0 Å². The Morgan fingerprint density at radius 3 is 2.53 bits per heavy atom. The van der Waals surface area contributed by atoms with Crippen LogP contribution in [-0.2, 0) is 4.74 Å². The van der Waals surface area contributed by atoms with Gasteiger partial charge in [-0.2, -0.15) is 0 Å². The molecule has 3 nitrogen and oxygen atoms in total. The predicted octanol–water partition coefficient (Wildman–Crippen LogP) is 1.80. The Morgan fingerprint density at radius 2 is 2.00 bits per heavy atom. The van der Waals surface area contributed by atoms with E-state index >= 15 is 0 Å². The molecule has 0 amide bonds. The van der Waals surface area contributed by atoms with E-state index in [4.69, 9.17) is 4.74 Å². The van der Waals surface area contributed by atoms with E-state index in [1.165, 1.54) is 0 Å². The highest BCUT2D eigenvalue weighted by atomic mass is 16.5. The Bertz CT molecular complexity index is 136. The summed E-state index contributed by atoms with van der Waals surface area (Å²) in [5.41, 5.74) is 0.0320. The summed E-state index contributed by atoms with van der Waals surface area (Å²) in [4.78, 5) is 0. The molecule has 1 atom stereocenters. The standard InChI is InChI=1S/C12H27NO2/c1-4-8-15-9-6-7-13-10-12(3,5-2)11-14/h13-14H,4-11H2,1-3H3. The van der Waals surface area contributed by atoms with Gasteiger partial charge in [-0.05, 0) is 25.8 Å². The van der Waals surface area contributed by atoms with Crippen molar-refractivity contribution in [3.63, 3.8) is 0 Å². The molecule has 0 fully saturated rings. The number of aliphatic hydroxyl groups is 1. The Labute approximate surface area is 94.2 Å². The van der Waals surface area contributed by atoms with Crippen LogP contribution in [-0.4, -0.2) is 38.0 Å². The fraction of sp³-hybridized carbons (Fsp3) is 1.00. The number of aliphatic hydroxyl groups excluding tert-OH is 1. The van der Waals surface area contributed by atoms with Crippen LogP contribution < -0.4 is 5.32 Å². The Kier molecular flexibility index (Phi) is 9.06. The highest BCUT2D eigenvalue weighted by molar-refractivity contribution is 4.73. The normalized spacial score (nSPS) is 15.2. The third-order valence-electron chi connectivity index (χ3n) is 2.78. The van der Waals surface area contributed by atoms with Gasteiger partial charge in [0.05, 0.1) is 0 Å². The van der Waals surface area contributed by atoms with E-state index in [1.807, 2.05) is 0 Å². The second-order valence-electron chi connectivity index (χ2n) is 4.47. The van der Waals surface area contributed by atoms with Crippen molar-refractivity contribution in [3.05, 3.63) is 0 Å². The predicted molar refractivity (Wildman–Crippen MR) is 64.1 cm³/mol. The highest BCUT2D eigenvalue weighted by Gasteiger charge is 2.19. The van der Waals surface area contributed by atoms with Gasteiger partial charge in [-0.3, -0.25) is 0 Å². The Balaban J connectivity index is 3.29. The zero-order valence-electron chi connectivity index (χ0n) is 10.5. The van der Waals surface area contributed by atoms with Gasteiger partial charge < -0.3 is 15.2 Å². The molecule has 0 heterocycles. The molecule has 0 spiro atoms. The van der Waals surface area contributed by atoms with Gasteiger partial charge in [0.1, 0.15) is 0 Å². The minimum absolute atomic E-state index is 0.0320. The van der Waals surface area contributed by atoms with Crippen LogP contribution in [0.25, 0.3) is 0 Å². The maximum absolute atomic E-state index is 9.19. The first-order valence-electron chi connectivity index (χ1n) is 6.08. The van der Waals surface area contributed by atoms with Crippen molar-refractivity contribution in [2.24, 2.45) is 5.41 Å². The van der Waals surface area contributed by atoms with E-state index in [-0.39, 0.29) is 12.0 Å². The number of hydrogen-bond donors (Lipinski definition) is 2. The molecule has 0 aromatic carbocycles. The molecule has 92 valence electrons. The van der Waals surface area contributed by atoms with Crippen molar-refractivity contribution in [1.29, 1.82) is 0 Å². The van der Waals surface area contributed by atoms with E-state index in [2.05, 4.69) is 26.1 Å². The molecule has 0 aromatic rings. The molecule has 2 N–H and O–H groups in total. The monoisotopic (exact) mass is 217 g/mol. The summed E-state index contributed by atoms with van der Waals surface area (Å²) in [5.74, 6) is 0. The van der Waals surface area contributed by atoms with Crippen LogP contribution in [0.5, 0.6) is 0 Å². The summed E-state index contributed by atoms with van der Waals surface area (Å²) in [6.07, 6.45) is 3.14. The van der Waals surface area contributed by atoms with Crippen molar-refractivity contribution in [2.45, 2.75) is 40.0 Å². The van der Waals surface area contributed by atoms with E-state index in [0.717, 1.165) is 45.6 Å². The van der Waals surface area contributed by atoms with Crippen molar-refractivity contribution in [2.75, 3.05) is 32.9 Å². The molecule has 0 saturated carbocycles.